The molecule has 0 unspecified atom stereocenters. The van der Waals surface area contributed by atoms with Gasteiger partial charge in [-0.2, -0.15) is 0 Å². The van der Waals surface area contributed by atoms with Crippen LogP contribution in [0.3, 0.4) is 0 Å². The van der Waals surface area contributed by atoms with Crippen LogP contribution in [0.4, 0.5) is 11.4 Å². The van der Waals surface area contributed by atoms with Crippen LogP contribution in [0.25, 0.3) is 0 Å². The van der Waals surface area contributed by atoms with Crippen LogP contribution < -0.4 is 10.6 Å². The summed E-state index contributed by atoms with van der Waals surface area (Å²) in [6.45, 7) is 6.26. The average Bonchev–Trinajstić information content (AvgIpc) is 2.26. The summed E-state index contributed by atoms with van der Waals surface area (Å²) in [5, 5.41) is 6.62. The Balaban J connectivity index is 2.36. The van der Waals surface area contributed by atoms with E-state index in [1.807, 2.05) is 12.4 Å². The first-order valence-corrected chi connectivity index (χ1v) is 5.79. The van der Waals surface area contributed by atoms with Crippen molar-refractivity contribution in [3.63, 3.8) is 0 Å². The van der Waals surface area contributed by atoms with E-state index in [9.17, 15) is 0 Å². The van der Waals surface area contributed by atoms with Crippen molar-refractivity contribution in [2.24, 2.45) is 0 Å². The monoisotopic (exact) mass is 207 g/mol. The molecule has 0 saturated carbocycles. The van der Waals surface area contributed by atoms with Gasteiger partial charge in [0.05, 0.1) is 23.8 Å². The standard InChI is InChI=1S/C12H21N3/c1-3-5-6-7-15-12-8-11(14-4-2)9-13-10-12/h8-10,14-15H,3-7H2,1-2H3. The highest BCUT2D eigenvalue weighted by atomic mass is 14.9. The SMILES string of the molecule is CCCCCNc1cncc(NCC)c1. The van der Waals surface area contributed by atoms with Crippen LogP contribution >= 0.6 is 0 Å². The maximum atomic E-state index is 4.18. The first-order chi connectivity index (χ1) is 7.36. The molecule has 0 spiro atoms. The molecule has 0 saturated heterocycles. The van der Waals surface area contributed by atoms with E-state index in [1.54, 1.807) is 0 Å². The van der Waals surface area contributed by atoms with Crippen LogP contribution in [0.5, 0.6) is 0 Å². The molecule has 3 nitrogen and oxygen atoms in total. The lowest BCUT2D eigenvalue weighted by molar-refractivity contribution is 0.743. The molecule has 0 radical (unpaired) electrons. The second kappa shape index (κ2) is 7.10. The number of anilines is 2. The summed E-state index contributed by atoms with van der Waals surface area (Å²) in [7, 11) is 0. The Kier molecular flexibility index (Phi) is 5.59. The molecule has 0 aromatic carbocycles. The van der Waals surface area contributed by atoms with Gasteiger partial charge in [0.15, 0.2) is 0 Å². The third-order valence-corrected chi connectivity index (χ3v) is 2.23. The van der Waals surface area contributed by atoms with Gasteiger partial charge in [0.2, 0.25) is 0 Å². The summed E-state index contributed by atoms with van der Waals surface area (Å²) in [6, 6.07) is 2.10. The van der Waals surface area contributed by atoms with Crippen molar-refractivity contribution in [3.8, 4) is 0 Å². The lowest BCUT2D eigenvalue weighted by Gasteiger charge is -2.08. The number of rotatable bonds is 7. The second-order valence-corrected chi connectivity index (χ2v) is 3.63. The molecule has 2 N–H and O–H groups in total. The van der Waals surface area contributed by atoms with Crippen LogP contribution in [0.2, 0.25) is 0 Å². The van der Waals surface area contributed by atoms with Gasteiger partial charge in [-0.25, -0.2) is 0 Å². The minimum Gasteiger partial charge on any atom is -0.384 e. The molecule has 3 heteroatoms. The number of nitrogens with zero attached hydrogens (tertiary/aromatic N) is 1. The van der Waals surface area contributed by atoms with Crippen LogP contribution in [0, 0.1) is 0 Å². The van der Waals surface area contributed by atoms with E-state index in [2.05, 4.69) is 35.5 Å². The van der Waals surface area contributed by atoms with Crippen LogP contribution in [-0.4, -0.2) is 18.1 Å². The molecule has 0 aliphatic rings. The Labute approximate surface area is 92.3 Å². The number of hydrogen-bond donors (Lipinski definition) is 2. The third-order valence-electron chi connectivity index (χ3n) is 2.23. The van der Waals surface area contributed by atoms with Crippen molar-refractivity contribution in [1.82, 2.24) is 4.98 Å². The maximum absolute atomic E-state index is 4.18. The van der Waals surface area contributed by atoms with E-state index in [4.69, 9.17) is 0 Å². The smallest absolute Gasteiger partial charge is 0.0547 e. The highest BCUT2D eigenvalue weighted by molar-refractivity contribution is 5.53. The van der Waals surface area contributed by atoms with Gasteiger partial charge in [0.25, 0.3) is 0 Å². The molecule has 1 aromatic heterocycles. The summed E-state index contributed by atoms with van der Waals surface area (Å²) in [4.78, 5) is 4.18. The van der Waals surface area contributed by atoms with Crippen molar-refractivity contribution in [2.45, 2.75) is 33.1 Å². The van der Waals surface area contributed by atoms with Gasteiger partial charge in [-0.05, 0) is 19.4 Å². The molecule has 1 heterocycles. The van der Waals surface area contributed by atoms with Crippen molar-refractivity contribution in [2.75, 3.05) is 23.7 Å². The number of pyridine rings is 1. The molecule has 0 aliphatic heterocycles. The van der Waals surface area contributed by atoms with Crippen molar-refractivity contribution in [3.05, 3.63) is 18.5 Å². The predicted octanol–water partition coefficient (Wildman–Crippen LogP) is 3.12. The normalized spacial score (nSPS) is 10.0. The summed E-state index contributed by atoms with van der Waals surface area (Å²) >= 11 is 0. The number of unbranched alkanes of at least 4 members (excludes halogenated alkanes) is 2. The van der Waals surface area contributed by atoms with Crippen LogP contribution in [0.1, 0.15) is 33.1 Å². The largest absolute Gasteiger partial charge is 0.384 e. The van der Waals surface area contributed by atoms with E-state index >= 15 is 0 Å². The highest BCUT2D eigenvalue weighted by Gasteiger charge is 1.94. The molecule has 15 heavy (non-hydrogen) atoms. The minimum atomic E-state index is 0.932. The highest BCUT2D eigenvalue weighted by Crippen LogP contribution is 2.12. The Morgan fingerprint density at radius 1 is 1.07 bits per heavy atom. The van der Waals surface area contributed by atoms with Gasteiger partial charge in [0, 0.05) is 13.1 Å². The topological polar surface area (TPSA) is 37.0 Å². The van der Waals surface area contributed by atoms with Gasteiger partial charge in [-0.3, -0.25) is 4.98 Å². The fraction of sp³-hybridized carbons (Fsp3) is 0.583. The first kappa shape index (κ1) is 11.8. The average molecular weight is 207 g/mol. The van der Waals surface area contributed by atoms with Crippen molar-refractivity contribution in [1.29, 1.82) is 0 Å². The summed E-state index contributed by atoms with van der Waals surface area (Å²) in [5.41, 5.74) is 2.18. The summed E-state index contributed by atoms with van der Waals surface area (Å²) in [5.74, 6) is 0. The lowest BCUT2D eigenvalue weighted by Crippen LogP contribution is -2.03. The van der Waals surface area contributed by atoms with Crippen molar-refractivity contribution >= 4 is 11.4 Å². The Hall–Kier alpha value is -1.25. The molecular formula is C12H21N3. The molecule has 84 valence electrons. The van der Waals surface area contributed by atoms with Crippen molar-refractivity contribution < 1.29 is 0 Å². The molecular weight excluding hydrogens is 186 g/mol. The number of aromatic nitrogens is 1. The number of hydrogen-bond acceptors (Lipinski definition) is 3. The molecule has 0 atom stereocenters. The van der Waals surface area contributed by atoms with Gasteiger partial charge in [0.1, 0.15) is 0 Å². The summed E-state index contributed by atoms with van der Waals surface area (Å²) < 4.78 is 0. The molecule has 0 fully saturated rings. The summed E-state index contributed by atoms with van der Waals surface area (Å²) in [6.07, 6.45) is 7.49. The molecule has 1 rings (SSSR count). The Morgan fingerprint density at radius 3 is 2.47 bits per heavy atom. The van der Waals surface area contributed by atoms with E-state index in [1.165, 1.54) is 19.3 Å². The Bertz CT molecular complexity index is 273. The van der Waals surface area contributed by atoms with Gasteiger partial charge in [-0.15, -0.1) is 0 Å². The van der Waals surface area contributed by atoms with E-state index in [-0.39, 0.29) is 0 Å². The van der Waals surface area contributed by atoms with E-state index < -0.39 is 0 Å². The zero-order valence-corrected chi connectivity index (χ0v) is 9.71. The maximum Gasteiger partial charge on any atom is 0.0547 e. The zero-order chi connectivity index (χ0) is 10.9. The predicted molar refractivity (Wildman–Crippen MR) is 66.4 cm³/mol. The van der Waals surface area contributed by atoms with E-state index in [0.717, 1.165) is 24.5 Å². The van der Waals surface area contributed by atoms with Crippen LogP contribution in [0.15, 0.2) is 18.5 Å². The van der Waals surface area contributed by atoms with Gasteiger partial charge < -0.3 is 10.6 Å². The fourth-order valence-electron chi connectivity index (χ4n) is 1.45. The lowest BCUT2D eigenvalue weighted by atomic mass is 10.2. The first-order valence-electron chi connectivity index (χ1n) is 5.79. The zero-order valence-electron chi connectivity index (χ0n) is 9.71. The molecule has 1 aromatic rings. The van der Waals surface area contributed by atoms with Gasteiger partial charge in [-0.1, -0.05) is 19.8 Å². The minimum absolute atomic E-state index is 0.932. The van der Waals surface area contributed by atoms with E-state index in [0.29, 0.717) is 0 Å². The van der Waals surface area contributed by atoms with Gasteiger partial charge >= 0.3 is 0 Å². The molecule has 0 amide bonds. The molecule has 0 aliphatic carbocycles. The number of nitrogens with one attached hydrogen (secondary N) is 2. The Morgan fingerprint density at radius 2 is 1.80 bits per heavy atom. The second-order valence-electron chi connectivity index (χ2n) is 3.63. The van der Waals surface area contributed by atoms with Crippen LogP contribution in [-0.2, 0) is 0 Å². The quantitative estimate of drug-likeness (QED) is 0.674. The third kappa shape index (κ3) is 4.68. The fourth-order valence-corrected chi connectivity index (χ4v) is 1.45. The molecule has 0 bridgehead atoms.